The molecule has 0 rings (SSSR count). The zero-order valence-corrected chi connectivity index (χ0v) is 7.91. The van der Waals surface area contributed by atoms with E-state index in [1.807, 2.05) is 26.0 Å². The maximum Gasteiger partial charge on any atom is -0.00980 e. The van der Waals surface area contributed by atoms with E-state index in [2.05, 4.69) is 19.6 Å². The summed E-state index contributed by atoms with van der Waals surface area (Å²) >= 11 is 4.00. The summed E-state index contributed by atoms with van der Waals surface area (Å²) in [6.45, 7) is 2.16. The van der Waals surface area contributed by atoms with Gasteiger partial charge in [-0.2, -0.15) is 12.6 Å². The topological polar surface area (TPSA) is 3.24 Å². The highest BCUT2D eigenvalue weighted by Gasteiger charge is 1.68. The van der Waals surface area contributed by atoms with E-state index in [4.69, 9.17) is 0 Å². The minimum atomic E-state index is 1.04. The summed E-state index contributed by atoms with van der Waals surface area (Å²) < 4.78 is 0. The normalized spacial score (nSPS) is 8.67. The van der Waals surface area contributed by atoms with Crippen molar-refractivity contribution in [3.63, 3.8) is 0 Å². The molecule has 58 valence electrons. The lowest BCUT2D eigenvalue weighted by Crippen LogP contribution is -1.99. The smallest absolute Gasteiger partial charge is 0.00980 e. The molecule has 0 saturated heterocycles. The first-order valence-corrected chi connectivity index (χ1v) is 4.00. The molecule has 0 atom stereocenters. The summed E-state index contributed by atoms with van der Waals surface area (Å²) in [7, 11) is 6.00. The van der Waals surface area contributed by atoms with Gasteiger partial charge in [-0.3, -0.25) is 0 Å². The Bertz CT molecular complexity index is 33.1. The Labute approximate surface area is 64.8 Å². The highest BCUT2D eigenvalue weighted by Crippen LogP contribution is 1.85. The van der Waals surface area contributed by atoms with Crippen LogP contribution in [0.15, 0.2) is 0 Å². The number of unbranched alkanes of at least 4 members (excludes halogenated alkanes) is 1. The van der Waals surface area contributed by atoms with E-state index in [0.717, 1.165) is 5.75 Å². The summed E-state index contributed by atoms with van der Waals surface area (Å²) in [5.41, 5.74) is 0. The molecule has 0 aliphatic rings. The molecular formula is C7H19NS. The van der Waals surface area contributed by atoms with Gasteiger partial charge >= 0.3 is 0 Å². The SMILES string of the molecule is CCCCS.CN(C)C. The summed E-state index contributed by atoms with van der Waals surface area (Å²) in [6.07, 6.45) is 2.52. The second-order valence-electron chi connectivity index (χ2n) is 2.42. The van der Waals surface area contributed by atoms with Gasteiger partial charge in [-0.1, -0.05) is 13.3 Å². The average Bonchev–Trinajstić information content (AvgIpc) is 1.66. The summed E-state index contributed by atoms with van der Waals surface area (Å²) in [5, 5.41) is 0. The number of hydrogen-bond donors (Lipinski definition) is 1. The minimum absolute atomic E-state index is 1.04. The van der Waals surface area contributed by atoms with Crippen LogP contribution >= 0.6 is 12.6 Å². The van der Waals surface area contributed by atoms with E-state index in [-0.39, 0.29) is 0 Å². The van der Waals surface area contributed by atoms with Crippen molar-refractivity contribution in [3.8, 4) is 0 Å². The lowest BCUT2D eigenvalue weighted by Gasteiger charge is -1.90. The molecule has 0 spiro atoms. The molecular weight excluding hydrogens is 130 g/mol. The molecule has 0 N–H and O–H groups in total. The monoisotopic (exact) mass is 149 g/mol. The molecule has 0 aromatic carbocycles. The standard InChI is InChI=1S/C4H10S.C3H9N/c1-2-3-4-5;1-4(2)3/h5H,2-4H2,1H3;1-3H3. The zero-order chi connectivity index (χ0) is 7.70. The van der Waals surface area contributed by atoms with Crippen LogP contribution in [0.25, 0.3) is 0 Å². The maximum atomic E-state index is 4.00. The number of rotatable bonds is 2. The molecule has 0 saturated carbocycles. The third-order valence-corrected chi connectivity index (χ3v) is 0.828. The van der Waals surface area contributed by atoms with Gasteiger partial charge in [0.2, 0.25) is 0 Å². The largest absolute Gasteiger partial charge is 0.312 e. The van der Waals surface area contributed by atoms with E-state index in [1.54, 1.807) is 0 Å². The molecule has 1 nitrogen and oxygen atoms in total. The first kappa shape index (κ1) is 12.0. The fourth-order valence-electron chi connectivity index (χ4n) is 0.158. The molecule has 0 fully saturated rings. The molecule has 0 amide bonds. The molecule has 2 heteroatoms. The van der Waals surface area contributed by atoms with Crippen LogP contribution in [0.2, 0.25) is 0 Å². The second-order valence-corrected chi connectivity index (χ2v) is 2.87. The Morgan fingerprint density at radius 2 is 1.56 bits per heavy atom. The van der Waals surface area contributed by atoms with Gasteiger partial charge in [0.25, 0.3) is 0 Å². The van der Waals surface area contributed by atoms with E-state index in [9.17, 15) is 0 Å². The van der Waals surface area contributed by atoms with Crippen LogP contribution < -0.4 is 0 Å². The summed E-state index contributed by atoms with van der Waals surface area (Å²) in [4.78, 5) is 2.00. The van der Waals surface area contributed by atoms with E-state index in [1.165, 1.54) is 12.8 Å². The quantitative estimate of drug-likeness (QED) is 0.587. The van der Waals surface area contributed by atoms with Gasteiger partial charge in [0.15, 0.2) is 0 Å². The fourth-order valence-corrected chi connectivity index (χ4v) is 0.474. The number of thiol groups is 1. The van der Waals surface area contributed by atoms with Crippen molar-refractivity contribution in [1.82, 2.24) is 4.90 Å². The Balaban J connectivity index is 0. The van der Waals surface area contributed by atoms with Crippen molar-refractivity contribution in [2.75, 3.05) is 26.9 Å². The molecule has 0 bridgehead atoms. The van der Waals surface area contributed by atoms with Crippen molar-refractivity contribution in [2.24, 2.45) is 0 Å². The van der Waals surface area contributed by atoms with Crippen LogP contribution in [0, 0.1) is 0 Å². The van der Waals surface area contributed by atoms with Crippen LogP contribution in [0.4, 0.5) is 0 Å². The van der Waals surface area contributed by atoms with Crippen molar-refractivity contribution in [3.05, 3.63) is 0 Å². The van der Waals surface area contributed by atoms with E-state index < -0.39 is 0 Å². The van der Waals surface area contributed by atoms with Crippen LogP contribution in [-0.2, 0) is 0 Å². The van der Waals surface area contributed by atoms with E-state index >= 15 is 0 Å². The maximum absolute atomic E-state index is 4.00. The second kappa shape index (κ2) is 11.2. The third kappa shape index (κ3) is 62.0. The van der Waals surface area contributed by atoms with Crippen molar-refractivity contribution in [2.45, 2.75) is 19.8 Å². The molecule has 0 aliphatic carbocycles. The Morgan fingerprint density at radius 1 is 1.22 bits per heavy atom. The highest BCUT2D eigenvalue weighted by molar-refractivity contribution is 7.80. The van der Waals surface area contributed by atoms with Crippen molar-refractivity contribution in [1.29, 1.82) is 0 Å². The Kier molecular flexibility index (Phi) is 14.9. The minimum Gasteiger partial charge on any atom is -0.312 e. The Hall–Kier alpha value is 0.310. The average molecular weight is 149 g/mol. The van der Waals surface area contributed by atoms with Crippen LogP contribution in [0.3, 0.4) is 0 Å². The van der Waals surface area contributed by atoms with Gasteiger partial charge < -0.3 is 4.90 Å². The number of hydrogen-bond acceptors (Lipinski definition) is 2. The fraction of sp³-hybridized carbons (Fsp3) is 1.00. The molecule has 0 aromatic rings. The first-order chi connectivity index (χ1) is 4.15. The highest BCUT2D eigenvalue weighted by atomic mass is 32.1. The predicted octanol–water partition coefficient (Wildman–Crippen LogP) is 1.89. The Morgan fingerprint density at radius 3 is 1.56 bits per heavy atom. The zero-order valence-electron chi connectivity index (χ0n) is 7.02. The molecule has 0 unspecified atom stereocenters. The molecule has 0 heterocycles. The predicted molar refractivity (Wildman–Crippen MR) is 48.4 cm³/mol. The first-order valence-electron chi connectivity index (χ1n) is 3.36. The summed E-state index contributed by atoms with van der Waals surface area (Å²) in [6, 6.07) is 0. The van der Waals surface area contributed by atoms with Gasteiger partial charge in [-0.05, 0) is 33.3 Å². The van der Waals surface area contributed by atoms with Crippen LogP contribution in [0.5, 0.6) is 0 Å². The van der Waals surface area contributed by atoms with Crippen LogP contribution in [0.1, 0.15) is 19.8 Å². The van der Waals surface area contributed by atoms with E-state index in [0.29, 0.717) is 0 Å². The molecule has 9 heavy (non-hydrogen) atoms. The van der Waals surface area contributed by atoms with Gasteiger partial charge in [0.1, 0.15) is 0 Å². The van der Waals surface area contributed by atoms with Gasteiger partial charge in [0, 0.05) is 0 Å². The van der Waals surface area contributed by atoms with Gasteiger partial charge in [-0.25, -0.2) is 0 Å². The number of nitrogens with zero attached hydrogens (tertiary/aromatic N) is 1. The molecule has 0 aromatic heterocycles. The van der Waals surface area contributed by atoms with Gasteiger partial charge in [-0.15, -0.1) is 0 Å². The van der Waals surface area contributed by atoms with Crippen molar-refractivity contribution < 1.29 is 0 Å². The molecule has 0 radical (unpaired) electrons. The summed E-state index contributed by atoms with van der Waals surface area (Å²) in [5.74, 6) is 1.04. The third-order valence-electron chi connectivity index (χ3n) is 0.512. The van der Waals surface area contributed by atoms with Crippen LogP contribution in [-0.4, -0.2) is 31.8 Å². The van der Waals surface area contributed by atoms with Crippen molar-refractivity contribution >= 4 is 12.6 Å². The lowest BCUT2D eigenvalue weighted by molar-refractivity contribution is 0.505. The lowest BCUT2D eigenvalue weighted by atomic mass is 10.4. The molecule has 0 aliphatic heterocycles. The van der Waals surface area contributed by atoms with Gasteiger partial charge in [0.05, 0.1) is 0 Å².